The minimum Gasteiger partial charge on any atom is -0.473 e. The zero-order chi connectivity index (χ0) is 30.6. The van der Waals surface area contributed by atoms with E-state index in [1.807, 2.05) is 72.8 Å². The summed E-state index contributed by atoms with van der Waals surface area (Å²) in [4.78, 5) is 1.77. The van der Waals surface area contributed by atoms with Gasteiger partial charge < -0.3 is 9.64 Å². The molecule has 1 aliphatic rings. The molecule has 0 spiro atoms. The molecule has 0 radical (unpaired) electrons. The molecule has 0 unspecified atom stereocenters. The van der Waals surface area contributed by atoms with Gasteiger partial charge in [-0.25, -0.2) is 0 Å². The summed E-state index contributed by atoms with van der Waals surface area (Å²) in [7, 11) is 0. The molecule has 1 aliphatic heterocycles. The van der Waals surface area contributed by atoms with Crippen LogP contribution in [0.25, 0.3) is 5.57 Å². The summed E-state index contributed by atoms with van der Waals surface area (Å²) < 4.78 is 55.0. The quantitative estimate of drug-likeness (QED) is 0.165. The Morgan fingerprint density at radius 1 is 0.591 bits per heavy atom. The van der Waals surface area contributed by atoms with Crippen LogP contribution >= 0.6 is 15.9 Å². The molecule has 0 aliphatic carbocycles. The average molecular weight is 653 g/mol. The third-order valence-electron chi connectivity index (χ3n) is 7.80. The minimum atomic E-state index is -4.74. The van der Waals surface area contributed by atoms with Gasteiger partial charge in [-0.1, -0.05) is 152 Å². The van der Waals surface area contributed by atoms with Gasteiger partial charge in [-0.3, -0.25) is 0 Å². The molecule has 0 amide bonds. The first-order valence-corrected chi connectivity index (χ1v) is 15.1. The second kappa shape index (κ2) is 12.6. The number of hydrogen-bond donors (Lipinski definition) is 0. The fraction of sp³-hybridized carbons (Fsp3) is 0.105. The largest absolute Gasteiger partial charge is 0.473 e. The fourth-order valence-electron chi connectivity index (χ4n) is 5.98. The van der Waals surface area contributed by atoms with E-state index in [4.69, 9.17) is 4.74 Å². The summed E-state index contributed by atoms with van der Waals surface area (Å²) in [6.45, 7) is 0.311. The van der Waals surface area contributed by atoms with E-state index < -0.39 is 17.3 Å². The number of allylic oxidation sites excluding steroid dienone is 2. The van der Waals surface area contributed by atoms with Gasteiger partial charge >= 0.3 is 6.18 Å². The third-order valence-corrected chi connectivity index (χ3v) is 8.54. The van der Waals surface area contributed by atoms with Crippen LogP contribution in [0.3, 0.4) is 0 Å². The first-order valence-electron chi connectivity index (χ1n) is 14.3. The molecule has 6 rings (SSSR count). The molecule has 5 aromatic carbocycles. The Kier molecular flexibility index (Phi) is 8.45. The molecule has 0 saturated heterocycles. The average Bonchev–Trinajstić information content (AvgIpc) is 3.06. The zero-order valence-corrected chi connectivity index (χ0v) is 25.3. The molecule has 220 valence electrons. The van der Waals surface area contributed by atoms with Crippen molar-refractivity contribution >= 4 is 21.5 Å². The van der Waals surface area contributed by atoms with Crippen LogP contribution < -0.4 is 0 Å². The Hall–Kier alpha value is -4.55. The minimum absolute atomic E-state index is 0.0400. The van der Waals surface area contributed by atoms with Gasteiger partial charge in [0.05, 0.1) is 10.1 Å². The van der Waals surface area contributed by atoms with E-state index in [2.05, 4.69) is 15.9 Å². The van der Waals surface area contributed by atoms with E-state index in [-0.39, 0.29) is 23.2 Å². The zero-order valence-electron chi connectivity index (χ0n) is 23.7. The summed E-state index contributed by atoms with van der Waals surface area (Å²) in [6, 6.07) is 45.8. The molecule has 0 atom stereocenters. The SMILES string of the molecule is FC(F)(F)C1=C(c2ccccc2)C(Br)=C(OCc2ccccc2)N(Cc2ccccc2)C1(c1ccccc1)c1ccccc1. The van der Waals surface area contributed by atoms with Crippen LogP contribution in [0.2, 0.25) is 0 Å². The number of rotatable bonds is 8. The second-order valence-corrected chi connectivity index (χ2v) is 11.3. The number of ether oxygens (including phenoxy) is 1. The highest BCUT2D eigenvalue weighted by Gasteiger charge is 2.59. The second-order valence-electron chi connectivity index (χ2n) is 10.5. The summed E-state index contributed by atoms with van der Waals surface area (Å²) in [5.74, 6) is 0.317. The van der Waals surface area contributed by atoms with Crippen molar-refractivity contribution < 1.29 is 17.9 Å². The van der Waals surface area contributed by atoms with Crippen molar-refractivity contribution in [1.82, 2.24) is 4.90 Å². The fourth-order valence-corrected chi connectivity index (χ4v) is 6.73. The van der Waals surface area contributed by atoms with Gasteiger partial charge in [-0.2, -0.15) is 13.2 Å². The van der Waals surface area contributed by atoms with Gasteiger partial charge in [0.15, 0.2) is 0 Å². The topological polar surface area (TPSA) is 12.5 Å². The molecule has 0 bridgehead atoms. The van der Waals surface area contributed by atoms with Crippen molar-refractivity contribution in [2.24, 2.45) is 0 Å². The molecule has 0 saturated carbocycles. The number of alkyl halides is 3. The van der Waals surface area contributed by atoms with Gasteiger partial charge in [0.25, 0.3) is 0 Å². The lowest BCUT2D eigenvalue weighted by Crippen LogP contribution is -2.53. The van der Waals surface area contributed by atoms with Crippen molar-refractivity contribution in [1.29, 1.82) is 0 Å². The van der Waals surface area contributed by atoms with Crippen LogP contribution in [-0.4, -0.2) is 11.1 Å². The first kappa shape index (κ1) is 29.5. The first-order chi connectivity index (χ1) is 21.4. The molecular formula is C38H29BrF3NO. The Bertz CT molecular complexity index is 1720. The Labute approximate surface area is 263 Å². The maximum absolute atomic E-state index is 16.0. The number of benzene rings is 5. The monoisotopic (exact) mass is 651 g/mol. The van der Waals surface area contributed by atoms with E-state index in [1.165, 1.54) is 0 Å². The Balaban J connectivity index is 1.75. The molecule has 44 heavy (non-hydrogen) atoms. The number of halogens is 4. The third kappa shape index (κ3) is 5.58. The maximum atomic E-state index is 16.0. The van der Waals surface area contributed by atoms with E-state index in [9.17, 15) is 0 Å². The molecular weight excluding hydrogens is 623 g/mol. The lowest BCUT2D eigenvalue weighted by molar-refractivity contribution is -0.112. The van der Waals surface area contributed by atoms with Gasteiger partial charge in [0, 0.05) is 12.1 Å². The summed E-state index contributed by atoms with van der Waals surface area (Å²) in [6.07, 6.45) is -4.74. The highest BCUT2D eigenvalue weighted by atomic mass is 79.9. The standard InChI is InChI=1S/C38H29BrF3NO/c39-34-33(30-20-10-3-11-21-30)35(38(40,41)42)37(31-22-12-4-13-23-31,32-24-14-5-15-25-32)43(26-28-16-6-1-7-17-28)36(34)44-27-29-18-8-2-9-19-29/h1-25H,26-27H2. The van der Waals surface area contributed by atoms with Crippen LogP contribution in [0.4, 0.5) is 13.2 Å². The molecule has 0 N–H and O–H groups in total. The van der Waals surface area contributed by atoms with E-state index >= 15 is 13.2 Å². The summed E-state index contributed by atoms with van der Waals surface area (Å²) in [5.41, 5.74) is 0.661. The van der Waals surface area contributed by atoms with Crippen LogP contribution in [-0.2, 0) is 23.4 Å². The van der Waals surface area contributed by atoms with Gasteiger partial charge in [-0.15, -0.1) is 0 Å². The lowest BCUT2D eigenvalue weighted by Gasteiger charge is -2.51. The Morgan fingerprint density at radius 3 is 1.50 bits per heavy atom. The smallest absolute Gasteiger partial charge is 0.416 e. The number of hydrogen-bond acceptors (Lipinski definition) is 2. The Morgan fingerprint density at radius 2 is 1.02 bits per heavy atom. The van der Waals surface area contributed by atoms with Crippen LogP contribution in [0, 0.1) is 0 Å². The van der Waals surface area contributed by atoms with Crippen LogP contribution in [0.5, 0.6) is 0 Å². The van der Waals surface area contributed by atoms with Crippen molar-refractivity contribution in [2.45, 2.75) is 24.9 Å². The molecule has 5 aromatic rings. The molecule has 0 aromatic heterocycles. The van der Waals surface area contributed by atoms with E-state index in [1.54, 1.807) is 83.8 Å². The normalized spacial score (nSPS) is 15.0. The van der Waals surface area contributed by atoms with Crippen molar-refractivity contribution in [3.05, 3.63) is 195 Å². The highest BCUT2D eigenvalue weighted by molar-refractivity contribution is 9.12. The van der Waals surface area contributed by atoms with Crippen molar-refractivity contribution in [3.63, 3.8) is 0 Å². The van der Waals surface area contributed by atoms with E-state index in [0.717, 1.165) is 11.1 Å². The van der Waals surface area contributed by atoms with Crippen molar-refractivity contribution in [3.8, 4) is 0 Å². The molecule has 6 heteroatoms. The highest BCUT2D eigenvalue weighted by Crippen LogP contribution is 2.58. The summed E-state index contributed by atoms with van der Waals surface area (Å²) in [5, 5.41) is 0. The van der Waals surface area contributed by atoms with Crippen LogP contribution in [0.1, 0.15) is 27.8 Å². The predicted octanol–water partition coefficient (Wildman–Crippen LogP) is 10.2. The number of nitrogens with zero attached hydrogens (tertiary/aromatic N) is 1. The van der Waals surface area contributed by atoms with E-state index in [0.29, 0.717) is 22.6 Å². The van der Waals surface area contributed by atoms with Crippen molar-refractivity contribution in [2.75, 3.05) is 0 Å². The molecule has 0 fully saturated rings. The summed E-state index contributed by atoms with van der Waals surface area (Å²) >= 11 is 3.67. The maximum Gasteiger partial charge on any atom is 0.416 e. The molecule has 1 heterocycles. The van der Waals surface area contributed by atoms with Gasteiger partial charge in [-0.05, 0) is 43.7 Å². The molecule has 2 nitrogen and oxygen atoms in total. The predicted molar refractivity (Wildman–Crippen MR) is 172 cm³/mol. The van der Waals surface area contributed by atoms with Gasteiger partial charge in [0.1, 0.15) is 12.1 Å². The van der Waals surface area contributed by atoms with Crippen LogP contribution in [0.15, 0.2) is 168 Å². The lowest BCUT2D eigenvalue weighted by atomic mass is 9.70. The van der Waals surface area contributed by atoms with Gasteiger partial charge in [0.2, 0.25) is 5.88 Å².